The van der Waals surface area contributed by atoms with Gasteiger partial charge in [-0.25, -0.2) is 8.42 Å². The van der Waals surface area contributed by atoms with Crippen molar-refractivity contribution in [3.8, 4) is 0 Å². The molecule has 3 nitrogen and oxygen atoms in total. The van der Waals surface area contributed by atoms with E-state index in [1.807, 2.05) is 20.8 Å². The van der Waals surface area contributed by atoms with E-state index in [0.29, 0.717) is 11.3 Å². The first kappa shape index (κ1) is 13.6. The zero-order valence-electron chi connectivity index (χ0n) is 11.0. The minimum atomic E-state index is -3.47. The van der Waals surface area contributed by atoms with E-state index in [0.717, 1.165) is 0 Å². The Morgan fingerprint density at radius 2 is 1.78 bits per heavy atom. The van der Waals surface area contributed by atoms with E-state index in [-0.39, 0.29) is 11.8 Å². The molecule has 3 atom stereocenters. The third-order valence-electron chi connectivity index (χ3n) is 3.99. The first-order valence-corrected chi connectivity index (χ1v) is 7.80. The Hall–Kier alpha value is -0.870. The Balaban J connectivity index is 2.47. The summed E-state index contributed by atoms with van der Waals surface area (Å²) in [4.78, 5) is 0.314. The fraction of sp³-hybridized carbons (Fsp3) is 0.571. The highest BCUT2D eigenvalue weighted by atomic mass is 32.2. The molecular weight excluding hydrogens is 248 g/mol. The molecular formula is C14H20O3S. The Morgan fingerprint density at radius 1 is 1.28 bits per heavy atom. The molecule has 0 heterocycles. The Kier molecular flexibility index (Phi) is 3.28. The van der Waals surface area contributed by atoms with Crippen molar-refractivity contribution >= 4 is 9.84 Å². The number of benzene rings is 1. The van der Waals surface area contributed by atoms with Gasteiger partial charge in [-0.05, 0) is 30.4 Å². The number of rotatable bonds is 4. The lowest BCUT2D eigenvalue weighted by molar-refractivity contribution is 0.108. The molecule has 1 saturated carbocycles. The lowest BCUT2D eigenvalue weighted by Gasteiger charge is -2.26. The van der Waals surface area contributed by atoms with Gasteiger partial charge in [0.15, 0.2) is 9.84 Å². The summed E-state index contributed by atoms with van der Waals surface area (Å²) in [5, 5.41) is 10.3. The lowest BCUT2D eigenvalue weighted by Crippen LogP contribution is -2.41. The molecule has 2 rings (SSSR count). The van der Waals surface area contributed by atoms with Gasteiger partial charge in [0.2, 0.25) is 0 Å². The summed E-state index contributed by atoms with van der Waals surface area (Å²) in [6.07, 6.45) is -0.262. The smallest absolute Gasteiger partial charge is 0.186 e. The van der Waals surface area contributed by atoms with Crippen molar-refractivity contribution in [2.24, 2.45) is 11.8 Å². The average Bonchev–Trinajstić information content (AvgIpc) is 3.03. The molecule has 18 heavy (non-hydrogen) atoms. The quantitative estimate of drug-likeness (QED) is 0.911. The largest absolute Gasteiger partial charge is 0.391 e. The topological polar surface area (TPSA) is 54.4 Å². The zero-order valence-corrected chi connectivity index (χ0v) is 11.8. The van der Waals surface area contributed by atoms with E-state index in [1.165, 1.54) is 0 Å². The van der Waals surface area contributed by atoms with Crippen LogP contribution in [0, 0.1) is 11.8 Å². The first-order valence-electron chi connectivity index (χ1n) is 6.32. The van der Waals surface area contributed by atoms with Gasteiger partial charge in [0, 0.05) is 0 Å². The van der Waals surface area contributed by atoms with Crippen molar-refractivity contribution in [3.63, 3.8) is 0 Å². The molecule has 100 valence electrons. The summed E-state index contributed by atoms with van der Waals surface area (Å²) in [7, 11) is -3.47. The maximum absolute atomic E-state index is 12.7. The van der Waals surface area contributed by atoms with E-state index in [2.05, 4.69) is 0 Å². The van der Waals surface area contributed by atoms with Crippen LogP contribution in [-0.2, 0) is 9.84 Å². The van der Waals surface area contributed by atoms with Gasteiger partial charge in [-0.2, -0.15) is 0 Å². The van der Waals surface area contributed by atoms with E-state index >= 15 is 0 Å². The highest BCUT2D eigenvalue weighted by Crippen LogP contribution is 2.55. The minimum Gasteiger partial charge on any atom is -0.391 e. The van der Waals surface area contributed by atoms with E-state index in [1.54, 1.807) is 30.3 Å². The summed E-state index contributed by atoms with van der Waals surface area (Å²) in [5.41, 5.74) is 0. The Morgan fingerprint density at radius 3 is 2.17 bits per heavy atom. The fourth-order valence-electron chi connectivity index (χ4n) is 2.75. The van der Waals surface area contributed by atoms with Gasteiger partial charge < -0.3 is 5.11 Å². The molecule has 1 aliphatic carbocycles. The summed E-state index contributed by atoms with van der Waals surface area (Å²) < 4.78 is 24.4. The van der Waals surface area contributed by atoms with Crippen LogP contribution in [0.3, 0.4) is 0 Å². The van der Waals surface area contributed by atoms with Crippen LogP contribution in [-0.4, -0.2) is 24.4 Å². The van der Waals surface area contributed by atoms with Crippen LogP contribution in [0.2, 0.25) is 0 Å². The van der Waals surface area contributed by atoms with Crippen LogP contribution in [0.4, 0.5) is 0 Å². The number of hydrogen-bond donors (Lipinski definition) is 1. The lowest BCUT2D eigenvalue weighted by atomic mass is 10.0. The van der Waals surface area contributed by atoms with Gasteiger partial charge >= 0.3 is 0 Å². The van der Waals surface area contributed by atoms with Gasteiger partial charge in [0.1, 0.15) is 4.75 Å². The second-order valence-electron chi connectivity index (χ2n) is 5.57. The number of aliphatic hydroxyl groups is 1. The summed E-state index contributed by atoms with van der Waals surface area (Å²) >= 11 is 0. The predicted molar refractivity (Wildman–Crippen MR) is 71.0 cm³/mol. The van der Waals surface area contributed by atoms with Gasteiger partial charge in [0.25, 0.3) is 0 Å². The molecule has 0 radical (unpaired) electrons. The van der Waals surface area contributed by atoms with Gasteiger partial charge in [-0.15, -0.1) is 0 Å². The molecule has 0 spiro atoms. The predicted octanol–water partition coefficient (Wildman–Crippen LogP) is 2.26. The van der Waals surface area contributed by atoms with Gasteiger partial charge in [-0.3, -0.25) is 0 Å². The van der Waals surface area contributed by atoms with Crippen LogP contribution in [0.5, 0.6) is 0 Å². The van der Waals surface area contributed by atoms with Crippen LogP contribution in [0.25, 0.3) is 0 Å². The van der Waals surface area contributed by atoms with E-state index in [9.17, 15) is 13.5 Å². The van der Waals surface area contributed by atoms with Crippen molar-refractivity contribution < 1.29 is 13.5 Å². The van der Waals surface area contributed by atoms with Gasteiger partial charge in [0.05, 0.1) is 11.0 Å². The van der Waals surface area contributed by atoms with Crippen LogP contribution < -0.4 is 0 Å². The van der Waals surface area contributed by atoms with Crippen molar-refractivity contribution in [2.45, 2.75) is 42.9 Å². The van der Waals surface area contributed by atoms with Crippen molar-refractivity contribution in [3.05, 3.63) is 30.3 Å². The number of sulfone groups is 1. The first-order chi connectivity index (χ1) is 8.34. The summed E-state index contributed by atoms with van der Waals surface area (Å²) in [5.74, 6) is -0.0476. The van der Waals surface area contributed by atoms with Crippen molar-refractivity contribution in [1.82, 2.24) is 0 Å². The van der Waals surface area contributed by atoms with Crippen LogP contribution in [0.15, 0.2) is 35.2 Å². The second-order valence-corrected chi connectivity index (χ2v) is 7.80. The normalized spacial score (nSPS) is 29.3. The maximum atomic E-state index is 12.7. The molecule has 1 unspecified atom stereocenters. The molecule has 0 saturated heterocycles. The average molecular weight is 268 g/mol. The summed E-state index contributed by atoms with van der Waals surface area (Å²) in [6.45, 7) is 5.61. The van der Waals surface area contributed by atoms with Crippen LogP contribution >= 0.6 is 0 Å². The molecule has 4 heteroatoms. The third-order valence-corrected chi connectivity index (χ3v) is 6.69. The van der Waals surface area contributed by atoms with E-state index in [4.69, 9.17) is 0 Å². The molecule has 1 fully saturated rings. The molecule has 1 aromatic carbocycles. The maximum Gasteiger partial charge on any atom is 0.186 e. The molecule has 0 bridgehead atoms. The minimum absolute atomic E-state index is 0.0140. The second kappa shape index (κ2) is 4.35. The van der Waals surface area contributed by atoms with Crippen LogP contribution in [0.1, 0.15) is 27.2 Å². The molecule has 1 aromatic rings. The number of hydrogen-bond acceptors (Lipinski definition) is 3. The Labute approximate surface area is 109 Å². The highest BCUT2D eigenvalue weighted by molar-refractivity contribution is 7.93. The Bertz CT molecular complexity index is 521. The molecule has 1 N–H and O–H groups in total. The molecule has 0 amide bonds. The molecule has 0 aliphatic heterocycles. The van der Waals surface area contributed by atoms with E-state index < -0.39 is 20.7 Å². The van der Waals surface area contributed by atoms with Crippen molar-refractivity contribution in [2.75, 3.05) is 0 Å². The molecule has 1 aliphatic rings. The van der Waals surface area contributed by atoms with Crippen molar-refractivity contribution in [1.29, 1.82) is 0 Å². The third kappa shape index (κ3) is 1.79. The summed E-state index contributed by atoms with van der Waals surface area (Å²) in [6, 6.07) is 8.44. The fourth-order valence-corrected chi connectivity index (χ4v) is 5.29. The monoisotopic (exact) mass is 268 g/mol. The molecule has 0 aromatic heterocycles. The standard InChI is InChI=1S/C14H20O3S/c1-10(2)13(15)14(9-11(14)3)18(16,17)12-7-5-4-6-8-12/h4-8,10-11,13,15H,9H2,1-3H3/t11-,13?,14-/m1/s1. The highest BCUT2D eigenvalue weighted by Gasteiger charge is 2.66. The zero-order chi connectivity index (χ0) is 13.6. The van der Waals surface area contributed by atoms with Gasteiger partial charge in [-0.1, -0.05) is 39.0 Å². The number of aliphatic hydroxyl groups excluding tert-OH is 1. The SMILES string of the molecule is CC(C)C(O)[C@@]1(S(=O)(=O)c2ccccc2)C[C@H]1C.